The standard InChI is InChI=1S/C15H19N5O4/c1-5-10(24-4)11-9(13(21)15(22)23)6-18-12(11)14(16)20(17)7-19-8(2)3/h5-7,18H,1-2,16-17H2,3-4H3,(H,22,23)/b11-10+,14-12-,19-7-. The number of hydrazine groups is 1. The molecule has 128 valence electrons. The lowest BCUT2D eigenvalue weighted by Gasteiger charge is -2.12. The fourth-order valence-electron chi connectivity index (χ4n) is 1.82. The molecular weight excluding hydrogens is 314 g/mol. The van der Waals surface area contributed by atoms with Crippen molar-refractivity contribution in [2.45, 2.75) is 6.92 Å². The first-order valence-corrected chi connectivity index (χ1v) is 6.63. The number of aromatic amines is 1. The number of carbonyl (C=O) groups is 2. The molecule has 9 heteroatoms. The van der Waals surface area contributed by atoms with Crippen molar-refractivity contribution >= 4 is 29.7 Å². The summed E-state index contributed by atoms with van der Waals surface area (Å²) in [6, 6.07) is 0. The topological polar surface area (TPSA) is 147 Å². The second-order valence-electron chi connectivity index (χ2n) is 4.63. The molecule has 1 aromatic rings. The van der Waals surface area contributed by atoms with Crippen molar-refractivity contribution < 1.29 is 19.4 Å². The molecule has 1 aromatic heterocycles. The molecule has 0 aliphatic rings. The number of aliphatic carboxylic acids is 1. The van der Waals surface area contributed by atoms with Crippen LogP contribution >= 0.6 is 0 Å². The van der Waals surface area contributed by atoms with Crippen molar-refractivity contribution in [1.82, 2.24) is 9.99 Å². The number of nitrogens with one attached hydrogen (secondary N) is 1. The quantitative estimate of drug-likeness (QED) is 0.125. The maximum absolute atomic E-state index is 11.9. The first-order valence-electron chi connectivity index (χ1n) is 6.63. The van der Waals surface area contributed by atoms with E-state index in [4.69, 9.17) is 21.4 Å². The highest BCUT2D eigenvalue weighted by Crippen LogP contribution is 1.99. The van der Waals surface area contributed by atoms with Gasteiger partial charge in [-0.05, 0) is 13.0 Å². The zero-order chi connectivity index (χ0) is 18.4. The van der Waals surface area contributed by atoms with Crippen LogP contribution in [-0.2, 0) is 9.53 Å². The highest BCUT2D eigenvalue weighted by molar-refractivity contribution is 6.39. The van der Waals surface area contributed by atoms with Crippen molar-refractivity contribution in [1.29, 1.82) is 0 Å². The van der Waals surface area contributed by atoms with Gasteiger partial charge in [-0.2, -0.15) is 0 Å². The Morgan fingerprint density at radius 1 is 1.50 bits per heavy atom. The van der Waals surface area contributed by atoms with Gasteiger partial charge in [0.15, 0.2) is 0 Å². The minimum atomic E-state index is -1.62. The van der Waals surface area contributed by atoms with Crippen molar-refractivity contribution in [3.63, 3.8) is 0 Å². The molecule has 0 spiro atoms. The number of hydrogen-bond donors (Lipinski definition) is 4. The molecule has 0 aliphatic heterocycles. The zero-order valence-corrected chi connectivity index (χ0v) is 13.4. The summed E-state index contributed by atoms with van der Waals surface area (Å²) in [5, 5.41) is 10.3. The summed E-state index contributed by atoms with van der Waals surface area (Å²) in [6.45, 7) is 8.83. The minimum absolute atomic E-state index is 0.0177. The highest BCUT2D eigenvalue weighted by atomic mass is 16.5. The van der Waals surface area contributed by atoms with Crippen molar-refractivity contribution in [3.05, 3.63) is 47.3 Å². The Morgan fingerprint density at radius 2 is 2.12 bits per heavy atom. The molecule has 24 heavy (non-hydrogen) atoms. The molecule has 0 aliphatic carbocycles. The lowest BCUT2D eigenvalue weighted by molar-refractivity contribution is -0.131. The van der Waals surface area contributed by atoms with E-state index >= 15 is 0 Å². The third-order valence-corrected chi connectivity index (χ3v) is 2.91. The van der Waals surface area contributed by atoms with Crippen molar-refractivity contribution in [2.24, 2.45) is 16.6 Å². The van der Waals surface area contributed by atoms with Gasteiger partial charge in [0.05, 0.1) is 23.2 Å². The summed E-state index contributed by atoms with van der Waals surface area (Å²) in [5.74, 6) is 3.17. The van der Waals surface area contributed by atoms with Gasteiger partial charge >= 0.3 is 5.97 Å². The Labute approximate surface area is 137 Å². The summed E-state index contributed by atoms with van der Waals surface area (Å²) in [4.78, 5) is 29.5. The van der Waals surface area contributed by atoms with E-state index in [0.717, 1.165) is 5.01 Å². The average molecular weight is 333 g/mol. The highest BCUT2D eigenvalue weighted by Gasteiger charge is 2.20. The number of aromatic nitrogens is 1. The molecule has 1 rings (SSSR count). The van der Waals surface area contributed by atoms with E-state index in [-0.39, 0.29) is 27.7 Å². The number of methoxy groups -OCH3 is 1. The van der Waals surface area contributed by atoms with Gasteiger partial charge in [-0.3, -0.25) is 9.80 Å². The predicted octanol–water partition coefficient (Wildman–Crippen LogP) is -1.02. The molecule has 0 radical (unpaired) electrons. The summed E-state index contributed by atoms with van der Waals surface area (Å²) in [5.41, 5.74) is 6.33. The van der Waals surface area contributed by atoms with E-state index in [1.165, 1.54) is 25.7 Å². The largest absolute Gasteiger partial charge is 0.496 e. The summed E-state index contributed by atoms with van der Waals surface area (Å²) in [6.07, 6.45) is 3.75. The second-order valence-corrected chi connectivity index (χ2v) is 4.63. The normalized spacial score (nSPS) is 13.3. The molecule has 0 saturated carbocycles. The van der Waals surface area contributed by atoms with Crippen LogP contribution in [0.25, 0.3) is 11.6 Å². The molecule has 0 saturated heterocycles. The maximum Gasteiger partial charge on any atom is 0.377 e. The lowest BCUT2D eigenvalue weighted by Crippen LogP contribution is -2.43. The molecule has 6 N–H and O–H groups in total. The summed E-state index contributed by atoms with van der Waals surface area (Å²) in [7, 11) is 1.35. The van der Waals surface area contributed by atoms with Gasteiger partial charge in [0.1, 0.15) is 17.9 Å². The average Bonchev–Trinajstić information content (AvgIpc) is 2.96. The van der Waals surface area contributed by atoms with E-state index in [2.05, 4.69) is 23.1 Å². The van der Waals surface area contributed by atoms with E-state index in [9.17, 15) is 9.59 Å². The van der Waals surface area contributed by atoms with Gasteiger partial charge in [-0.25, -0.2) is 15.6 Å². The van der Waals surface area contributed by atoms with E-state index in [0.29, 0.717) is 5.70 Å². The zero-order valence-electron chi connectivity index (χ0n) is 13.4. The smallest absolute Gasteiger partial charge is 0.377 e. The number of hydrogen-bond acceptors (Lipinski definition) is 6. The van der Waals surface area contributed by atoms with Crippen LogP contribution < -0.4 is 22.1 Å². The maximum atomic E-state index is 11.9. The fraction of sp³-hybridized carbons (Fsp3) is 0.133. The van der Waals surface area contributed by atoms with Gasteiger partial charge in [-0.15, -0.1) is 0 Å². The second kappa shape index (κ2) is 7.79. The molecule has 0 amide bonds. The third-order valence-electron chi connectivity index (χ3n) is 2.91. The summed E-state index contributed by atoms with van der Waals surface area (Å²) < 4.78 is 5.14. The van der Waals surface area contributed by atoms with Crippen LogP contribution in [0.5, 0.6) is 0 Å². The van der Waals surface area contributed by atoms with Gasteiger partial charge in [0.2, 0.25) is 0 Å². The SMILES string of the molecule is C=C/C(OC)=c1/c(C(=O)C(=O)O)c[nH]/c1=C(/N)N(N)/C=N\C(=C)C. The van der Waals surface area contributed by atoms with E-state index in [1.54, 1.807) is 6.92 Å². The lowest BCUT2D eigenvalue weighted by atomic mass is 10.1. The Kier molecular flexibility index (Phi) is 6.07. The van der Waals surface area contributed by atoms with Gasteiger partial charge in [-0.1, -0.05) is 13.2 Å². The number of carboxylic acids is 1. The summed E-state index contributed by atoms with van der Waals surface area (Å²) >= 11 is 0. The number of nitrogens with two attached hydrogens (primary N) is 2. The third kappa shape index (κ3) is 3.90. The first-order chi connectivity index (χ1) is 11.2. The number of ether oxygens (including phenoxy) is 1. The van der Waals surface area contributed by atoms with Crippen LogP contribution in [0.4, 0.5) is 0 Å². The van der Waals surface area contributed by atoms with Crippen molar-refractivity contribution in [2.75, 3.05) is 7.11 Å². The molecule has 0 unspecified atom stereocenters. The number of rotatable bonds is 7. The molecule has 0 aromatic carbocycles. The van der Waals surface area contributed by atoms with Gasteiger partial charge in [0, 0.05) is 11.9 Å². The van der Waals surface area contributed by atoms with Crippen molar-refractivity contribution in [3.8, 4) is 0 Å². The molecule has 1 heterocycles. The Hall–Kier alpha value is -3.33. The fourth-order valence-corrected chi connectivity index (χ4v) is 1.82. The van der Waals surface area contributed by atoms with Gasteiger partial charge in [0.25, 0.3) is 5.78 Å². The van der Waals surface area contributed by atoms with E-state index in [1.807, 2.05) is 0 Å². The van der Waals surface area contributed by atoms with Gasteiger partial charge < -0.3 is 20.6 Å². The number of nitrogens with zero attached hydrogens (tertiary/aromatic N) is 2. The first kappa shape index (κ1) is 18.7. The van der Waals surface area contributed by atoms with Crippen LogP contribution in [0, 0.1) is 0 Å². The van der Waals surface area contributed by atoms with Crippen LogP contribution in [0.15, 0.2) is 36.1 Å². The van der Waals surface area contributed by atoms with E-state index < -0.39 is 11.8 Å². The Bertz CT molecular complexity index is 835. The number of H-pyrrole nitrogens is 1. The van der Waals surface area contributed by atoms with Crippen LogP contribution in [0.1, 0.15) is 17.3 Å². The minimum Gasteiger partial charge on any atom is -0.496 e. The van der Waals surface area contributed by atoms with Crippen LogP contribution in [0.2, 0.25) is 0 Å². The number of aliphatic imine (C=N–C) groups is 1. The molecule has 0 fully saturated rings. The monoisotopic (exact) mass is 333 g/mol. The number of allylic oxidation sites excluding steroid dienone is 1. The number of ketones is 1. The Morgan fingerprint density at radius 3 is 2.58 bits per heavy atom. The molecule has 0 atom stereocenters. The van der Waals surface area contributed by atoms with Crippen LogP contribution in [-0.4, -0.2) is 40.3 Å². The molecule has 9 nitrogen and oxygen atoms in total. The number of carboxylic acid groups (broad SMARTS) is 1. The van der Waals surface area contributed by atoms with Crippen LogP contribution in [0.3, 0.4) is 0 Å². The Balaban J connectivity index is 3.79. The molecular formula is C15H19N5O4. The number of carbonyl (C=O) groups excluding carboxylic acids is 1. The number of Topliss-reactive ketones (excluding diaryl/α,β-unsaturated/α-hetero) is 1. The predicted molar refractivity (Wildman–Crippen MR) is 89.6 cm³/mol. The molecule has 0 bridgehead atoms.